The van der Waals surface area contributed by atoms with E-state index in [1.807, 2.05) is 0 Å². The maximum absolute atomic E-state index is 13.5. The molecule has 0 aromatic carbocycles. The summed E-state index contributed by atoms with van der Waals surface area (Å²) in [4.78, 5) is 77.1. The number of carboxylic acids is 1. The number of nitrogens with zero attached hydrogens (tertiary/aromatic N) is 4. The Morgan fingerprint density at radius 2 is 1.17 bits per heavy atom. The number of rotatable bonds is 20. The summed E-state index contributed by atoms with van der Waals surface area (Å²) in [7, 11) is 0. The number of nitrogens with one attached hydrogen (secondary N) is 3. The summed E-state index contributed by atoms with van der Waals surface area (Å²) in [5, 5.41) is 17.3. The molecule has 20 nitrogen and oxygen atoms in total. The van der Waals surface area contributed by atoms with Crippen LogP contribution >= 0.6 is 0 Å². The topological polar surface area (TPSA) is 364 Å². The molecule has 5 atom stereocenters. The second-order valence-corrected chi connectivity index (χ2v) is 10.8. The molecule has 0 aromatic rings. The molecule has 1 fully saturated rings. The van der Waals surface area contributed by atoms with E-state index in [4.69, 9.17) is 40.1 Å². The Labute approximate surface area is 267 Å². The Bertz CT molecular complexity index is 1130. The molecule has 1 rings (SSSR count). The van der Waals surface area contributed by atoms with E-state index < -0.39 is 59.8 Å². The highest BCUT2D eigenvalue weighted by Gasteiger charge is 2.37. The van der Waals surface area contributed by atoms with Gasteiger partial charge in [0, 0.05) is 26.2 Å². The molecule has 4 amide bonds. The number of carbonyl (C=O) groups is 5. The van der Waals surface area contributed by atoms with E-state index in [0.29, 0.717) is 25.7 Å². The van der Waals surface area contributed by atoms with Crippen LogP contribution in [-0.4, -0.2) is 114 Å². The second kappa shape index (κ2) is 20.2. The molecule has 1 aliphatic rings. The van der Waals surface area contributed by atoms with Crippen molar-refractivity contribution in [2.45, 2.75) is 88.5 Å². The Morgan fingerprint density at radius 3 is 1.63 bits per heavy atom. The molecular formula is C26H50N14O6. The normalized spacial score (nSPS) is 16.6. The summed E-state index contributed by atoms with van der Waals surface area (Å²) in [6.07, 6.45) is 2.19. The van der Waals surface area contributed by atoms with Crippen LogP contribution in [0.5, 0.6) is 0 Å². The van der Waals surface area contributed by atoms with Crippen LogP contribution in [0.1, 0.15) is 58.3 Å². The van der Waals surface area contributed by atoms with Gasteiger partial charge in [-0.15, -0.1) is 0 Å². The van der Waals surface area contributed by atoms with Gasteiger partial charge in [-0.25, -0.2) is 4.79 Å². The Hall–Kier alpha value is -4.88. The van der Waals surface area contributed by atoms with Crippen LogP contribution in [0.4, 0.5) is 0 Å². The van der Waals surface area contributed by atoms with E-state index in [0.717, 1.165) is 0 Å². The lowest BCUT2D eigenvalue weighted by Crippen LogP contribution is -2.58. The minimum atomic E-state index is -1.17. The van der Waals surface area contributed by atoms with Gasteiger partial charge in [-0.05, 0) is 58.3 Å². The van der Waals surface area contributed by atoms with Gasteiger partial charge in [0.15, 0.2) is 17.9 Å². The first-order chi connectivity index (χ1) is 21.6. The molecule has 0 bridgehead atoms. The van der Waals surface area contributed by atoms with Gasteiger partial charge in [0.2, 0.25) is 23.6 Å². The number of carbonyl (C=O) groups excluding carboxylic acids is 4. The van der Waals surface area contributed by atoms with E-state index in [1.165, 1.54) is 11.8 Å². The number of carboxylic acid groups (broad SMARTS) is 1. The van der Waals surface area contributed by atoms with E-state index >= 15 is 0 Å². The largest absolute Gasteiger partial charge is 0.480 e. The third kappa shape index (κ3) is 14.7. The van der Waals surface area contributed by atoms with Crippen molar-refractivity contribution in [2.75, 3.05) is 26.2 Å². The van der Waals surface area contributed by atoms with Crippen LogP contribution in [0.3, 0.4) is 0 Å². The van der Waals surface area contributed by atoms with Gasteiger partial charge >= 0.3 is 5.97 Å². The number of aliphatic imine (C=N–C) groups is 3. The highest BCUT2D eigenvalue weighted by Crippen LogP contribution is 2.18. The minimum Gasteiger partial charge on any atom is -0.480 e. The fraction of sp³-hybridized carbons (Fsp3) is 0.692. The van der Waals surface area contributed by atoms with Gasteiger partial charge in [0.25, 0.3) is 0 Å². The van der Waals surface area contributed by atoms with Gasteiger partial charge in [0.1, 0.15) is 24.2 Å². The molecule has 5 unspecified atom stereocenters. The molecule has 46 heavy (non-hydrogen) atoms. The highest BCUT2D eigenvalue weighted by molar-refractivity contribution is 5.95. The van der Waals surface area contributed by atoms with Gasteiger partial charge in [-0.2, -0.15) is 0 Å². The van der Waals surface area contributed by atoms with Crippen LogP contribution in [0.2, 0.25) is 0 Å². The predicted octanol–water partition coefficient (Wildman–Crippen LogP) is -4.98. The number of likely N-dealkylation sites (tertiary alicyclic amines) is 1. The molecule has 0 spiro atoms. The van der Waals surface area contributed by atoms with Gasteiger partial charge < -0.3 is 66.1 Å². The standard InChI is InChI=1S/C26H50N14O6/c1-14(22(44)40-13-5-9-18(40)23(45)46)37-20(42)16(7-3-11-35-25(30)31)39-21(43)17(8-4-12-36-26(32)33)38-19(41)15(27)6-2-10-34-24(28)29/h14-18H,2-13,27H2,1H3,(H,37,42)(H,38,41)(H,39,43)(H,45,46)(H4,28,29,34)(H4,30,31,35)(H4,32,33,36). The molecule has 0 saturated carbocycles. The van der Waals surface area contributed by atoms with Crippen molar-refractivity contribution < 1.29 is 29.1 Å². The second-order valence-electron chi connectivity index (χ2n) is 10.8. The van der Waals surface area contributed by atoms with Crippen molar-refractivity contribution in [3.05, 3.63) is 0 Å². The fourth-order valence-corrected chi connectivity index (χ4v) is 4.66. The lowest BCUT2D eigenvalue weighted by molar-refractivity contribution is -0.149. The predicted molar refractivity (Wildman–Crippen MR) is 172 cm³/mol. The van der Waals surface area contributed by atoms with Crippen LogP contribution < -0.4 is 56.1 Å². The summed E-state index contributed by atoms with van der Waals surface area (Å²) in [6.45, 7) is 2.25. The zero-order valence-electron chi connectivity index (χ0n) is 26.2. The van der Waals surface area contributed by atoms with Crippen molar-refractivity contribution in [1.29, 1.82) is 0 Å². The average Bonchev–Trinajstić information content (AvgIpc) is 3.47. The summed E-state index contributed by atoms with van der Waals surface area (Å²) < 4.78 is 0. The van der Waals surface area contributed by atoms with Crippen LogP contribution in [0.15, 0.2) is 15.0 Å². The first kappa shape index (κ1) is 39.1. The average molecular weight is 655 g/mol. The molecule has 260 valence electrons. The molecule has 18 N–H and O–H groups in total. The number of hydrogen-bond acceptors (Lipinski definition) is 9. The smallest absolute Gasteiger partial charge is 0.326 e. The SMILES string of the molecule is CC(NC(=O)C(CCCN=C(N)N)NC(=O)C(CCCN=C(N)N)NC(=O)C(N)CCCN=C(N)N)C(=O)N1CCCC1C(=O)O. The number of guanidine groups is 3. The Kier molecular flexibility index (Phi) is 17.2. The van der Waals surface area contributed by atoms with Crippen LogP contribution in [-0.2, 0) is 24.0 Å². The third-order valence-electron chi connectivity index (χ3n) is 7.01. The Balaban J connectivity index is 3.07. The van der Waals surface area contributed by atoms with Crippen molar-refractivity contribution >= 4 is 47.5 Å². The van der Waals surface area contributed by atoms with Crippen molar-refractivity contribution in [3.8, 4) is 0 Å². The van der Waals surface area contributed by atoms with Crippen molar-refractivity contribution in [3.63, 3.8) is 0 Å². The first-order valence-electron chi connectivity index (χ1n) is 15.0. The molecule has 0 radical (unpaired) electrons. The molecule has 0 aromatic heterocycles. The van der Waals surface area contributed by atoms with Gasteiger partial charge in [0.05, 0.1) is 6.04 Å². The lowest BCUT2D eigenvalue weighted by atomic mass is 10.1. The molecule has 1 aliphatic heterocycles. The summed E-state index contributed by atoms with van der Waals surface area (Å²) >= 11 is 0. The Morgan fingerprint density at radius 1 is 0.739 bits per heavy atom. The quantitative estimate of drug-likeness (QED) is 0.0333. The third-order valence-corrected chi connectivity index (χ3v) is 7.01. The van der Waals surface area contributed by atoms with E-state index in [2.05, 4.69) is 30.9 Å². The first-order valence-corrected chi connectivity index (χ1v) is 15.0. The van der Waals surface area contributed by atoms with Crippen LogP contribution in [0.25, 0.3) is 0 Å². The highest BCUT2D eigenvalue weighted by atomic mass is 16.4. The monoisotopic (exact) mass is 654 g/mol. The molecular weight excluding hydrogens is 604 g/mol. The van der Waals surface area contributed by atoms with E-state index in [-0.39, 0.29) is 69.7 Å². The minimum absolute atomic E-state index is 0.0652. The maximum atomic E-state index is 13.5. The fourth-order valence-electron chi connectivity index (χ4n) is 4.66. The van der Waals surface area contributed by atoms with E-state index in [9.17, 15) is 29.1 Å². The number of hydrogen-bond donors (Lipinski definition) is 11. The molecule has 20 heteroatoms. The van der Waals surface area contributed by atoms with Crippen molar-refractivity contribution in [1.82, 2.24) is 20.9 Å². The summed E-state index contributed by atoms with van der Waals surface area (Å²) in [5.74, 6) is -4.09. The zero-order chi connectivity index (χ0) is 34.8. The molecule has 0 aliphatic carbocycles. The van der Waals surface area contributed by atoms with Gasteiger partial charge in [-0.1, -0.05) is 0 Å². The number of aliphatic carboxylic acids is 1. The number of nitrogens with two attached hydrogens (primary N) is 7. The molecule has 1 saturated heterocycles. The number of amides is 4. The lowest BCUT2D eigenvalue weighted by Gasteiger charge is -2.27. The maximum Gasteiger partial charge on any atom is 0.326 e. The molecule has 1 heterocycles. The zero-order valence-corrected chi connectivity index (χ0v) is 26.2. The van der Waals surface area contributed by atoms with Gasteiger partial charge in [-0.3, -0.25) is 34.2 Å². The van der Waals surface area contributed by atoms with Crippen molar-refractivity contribution in [2.24, 2.45) is 55.1 Å². The summed E-state index contributed by atoms with van der Waals surface area (Å²) in [5.41, 5.74) is 38.1. The van der Waals surface area contributed by atoms with Crippen LogP contribution in [0, 0.1) is 0 Å². The van der Waals surface area contributed by atoms with E-state index in [1.54, 1.807) is 0 Å². The summed E-state index contributed by atoms with van der Waals surface area (Å²) in [6, 6.07) is -5.35.